The normalized spacial score (nSPS) is 26.8. The number of unbranched alkanes of at least 4 members (excludes halogenated alkanes) is 3. The highest BCUT2D eigenvalue weighted by Gasteiger charge is 2.52. The van der Waals surface area contributed by atoms with E-state index in [1.165, 1.54) is 0 Å². The zero-order valence-electron chi connectivity index (χ0n) is 49.1. The largest absolute Gasteiger partial charge is 0.508 e. The third-order valence-corrected chi connectivity index (χ3v) is 24.9. The van der Waals surface area contributed by atoms with Gasteiger partial charge in [0.25, 0.3) is 0 Å². The number of aliphatic hydroxyl groups excluding tert-OH is 3. The molecule has 448 valence electrons. The molecule has 9 atom stereocenters. The molecule has 0 saturated carbocycles. The Hall–Kier alpha value is -5.75. The molecule has 83 heavy (non-hydrogen) atoms. The van der Waals surface area contributed by atoms with Crippen molar-refractivity contribution in [3.05, 3.63) is 172 Å². The molecule has 0 radical (unpaired) electrons. The molecule has 0 unspecified atom stereocenters. The Morgan fingerprint density at radius 2 is 0.675 bits per heavy atom. The monoisotopic (exact) mass is 1190 g/mol. The van der Waals surface area contributed by atoms with Crippen molar-refractivity contribution in [1.29, 1.82) is 0 Å². The Kier molecular flexibility index (Phi) is 19.4. The summed E-state index contributed by atoms with van der Waals surface area (Å²) in [6.45, 7) is 12.1. The molecule has 0 aromatic heterocycles. The van der Waals surface area contributed by atoms with Gasteiger partial charge in [-0.3, -0.25) is 0 Å². The summed E-state index contributed by atoms with van der Waals surface area (Å²) >= 11 is 0. The average Bonchev–Trinajstić information content (AvgIpc) is 2.05. The second-order valence-corrected chi connectivity index (χ2v) is 30.0. The summed E-state index contributed by atoms with van der Waals surface area (Å²) in [5, 5.41) is 45.7. The zero-order chi connectivity index (χ0) is 60.3. The van der Waals surface area contributed by atoms with Gasteiger partial charge in [0.1, 0.15) is 5.75 Å². The van der Waals surface area contributed by atoms with Crippen LogP contribution in [0.1, 0.15) is 181 Å². The van der Waals surface area contributed by atoms with Gasteiger partial charge in [-0.15, -0.1) is 0 Å². The molecule has 6 aromatic rings. The number of aromatic hydroxyl groups is 1. The van der Waals surface area contributed by atoms with Gasteiger partial charge in [-0.1, -0.05) is 141 Å². The van der Waals surface area contributed by atoms with E-state index < -0.39 is 81.8 Å². The van der Waals surface area contributed by atoms with Crippen molar-refractivity contribution >= 4 is 46.6 Å². The van der Waals surface area contributed by atoms with Gasteiger partial charge in [-0.05, 0) is 156 Å². The highest BCUT2D eigenvalue weighted by Crippen LogP contribution is 2.53. The highest BCUT2D eigenvalue weighted by atomic mass is 32.2. The molecule has 3 heterocycles. The van der Waals surface area contributed by atoms with Crippen molar-refractivity contribution < 1.29 is 45.7 Å². The van der Waals surface area contributed by atoms with Crippen LogP contribution in [0.3, 0.4) is 0 Å². The number of anilines is 3. The molecule has 13 nitrogen and oxygen atoms in total. The Balaban J connectivity index is 0.000000269. The van der Waals surface area contributed by atoms with Crippen LogP contribution < -0.4 is 17.2 Å². The number of sulfone groups is 3. The molecule has 0 spiro atoms. The number of aliphatic hydroxyl groups is 3. The van der Waals surface area contributed by atoms with E-state index in [4.69, 9.17) is 17.2 Å². The molecule has 6 aromatic carbocycles. The second-order valence-electron chi connectivity index (χ2n) is 24.1. The summed E-state index contributed by atoms with van der Waals surface area (Å²) in [7, 11) is -11.0. The first-order chi connectivity index (χ1) is 39.4. The third kappa shape index (κ3) is 12.8. The van der Waals surface area contributed by atoms with Gasteiger partial charge >= 0.3 is 0 Å². The van der Waals surface area contributed by atoms with Crippen molar-refractivity contribution in [2.24, 2.45) is 16.2 Å². The van der Waals surface area contributed by atoms with Crippen LogP contribution in [0, 0.1) is 16.2 Å². The summed E-state index contributed by atoms with van der Waals surface area (Å²) in [6.07, 6.45) is 6.58. The smallest absolute Gasteiger partial charge is 0.179 e. The van der Waals surface area contributed by atoms with E-state index in [-0.39, 0.29) is 37.7 Å². The summed E-state index contributed by atoms with van der Waals surface area (Å²) < 4.78 is 82.2. The molecule has 9 rings (SSSR count). The van der Waals surface area contributed by atoms with Gasteiger partial charge in [-0.2, -0.15) is 0 Å². The molecule has 10 N–H and O–H groups in total. The van der Waals surface area contributed by atoms with Crippen LogP contribution in [0.2, 0.25) is 0 Å². The number of fused-ring (bicyclic) bond motifs is 3. The average molecular weight is 1190 g/mol. The minimum Gasteiger partial charge on any atom is -0.508 e. The first-order valence-electron chi connectivity index (χ1n) is 29.8. The van der Waals surface area contributed by atoms with Crippen molar-refractivity contribution in [1.82, 2.24) is 0 Å². The lowest BCUT2D eigenvalue weighted by Crippen LogP contribution is -2.42. The van der Waals surface area contributed by atoms with Gasteiger partial charge in [-0.25, -0.2) is 25.3 Å². The Morgan fingerprint density at radius 1 is 0.410 bits per heavy atom. The fraction of sp³-hybridized carbons (Fsp3) is 0.463. The quantitative estimate of drug-likeness (QED) is 0.0420. The minimum absolute atomic E-state index is 0.0802. The molecule has 0 saturated heterocycles. The van der Waals surface area contributed by atoms with E-state index in [1.807, 2.05) is 69.3 Å². The van der Waals surface area contributed by atoms with Crippen LogP contribution in [-0.2, 0) is 35.9 Å². The van der Waals surface area contributed by atoms with E-state index in [0.29, 0.717) is 78.7 Å². The van der Waals surface area contributed by atoms with Crippen LogP contribution in [0.25, 0.3) is 0 Å². The molecule has 16 heteroatoms. The first kappa shape index (κ1) is 63.3. The lowest BCUT2D eigenvalue weighted by atomic mass is 9.69. The lowest BCUT2D eigenvalue weighted by molar-refractivity contribution is 0.0173. The molecular weight excluding hydrogens is 1100 g/mol. The molecular formula is C67H87N3O10S3. The number of hydrogen-bond donors (Lipinski definition) is 7. The van der Waals surface area contributed by atoms with Crippen molar-refractivity contribution in [3.8, 4) is 5.75 Å². The maximum absolute atomic E-state index is 13.9. The summed E-state index contributed by atoms with van der Waals surface area (Å²) in [5.41, 5.74) is 23.6. The number of phenolic OH excluding ortho intramolecular Hbond substituents is 1. The molecule has 0 aliphatic carbocycles. The number of hydrogen-bond acceptors (Lipinski definition) is 13. The molecule has 0 fully saturated rings. The third-order valence-electron chi connectivity index (χ3n) is 18.9. The zero-order valence-corrected chi connectivity index (χ0v) is 51.5. The predicted molar refractivity (Wildman–Crippen MR) is 333 cm³/mol. The Labute approximate surface area is 493 Å². The summed E-state index contributed by atoms with van der Waals surface area (Å²) in [4.78, 5) is 0.723. The molecule has 3 aliphatic heterocycles. The van der Waals surface area contributed by atoms with Crippen LogP contribution in [0.5, 0.6) is 5.75 Å². The SMILES string of the molecule is CCCC[C@@]1(CC)CS(=O)(=O)c2ccc(N)cc2[C@@H](c2ccc(Cc3ccc([C@@H]4c5cc(N)ccc5S(=O)(=O)C[C@](CC)(CCCC)[C@@H]4O)cc3)cc2)[C@H]1O.CCCC[C@@]1(CC)CS(=O)(=O)c2ccc(N)cc2[C@@H](c2ccc(O)cc2)[C@H]1O. The van der Waals surface area contributed by atoms with E-state index in [9.17, 15) is 45.7 Å². The summed E-state index contributed by atoms with van der Waals surface area (Å²) in [5.74, 6) is -1.84. The molecule has 3 aliphatic rings. The van der Waals surface area contributed by atoms with E-state index >= 15 is 0 Å². The number of benzene rings is 6. The van der Waals surface area contributed by atoms with Crippen molar-refractivity contribution in [3.63, 3.8) is 0 Å². The predicted octanol–water partition coefficient (Wildman–Crippen LogP) is 12.0. The van der Waals surface area contributed by atoms with Crippen molar-refractivity contribution in [2.75, 3.05) is 34.5 Å². The maximum Gasteiger partial charge on any atom is 0.179 e. The van der Waals surface area contributed by atoms with Gasteiger partial charge in [0.15, 0.2) is 29.5 Å². The van der Waals surface area contributed by atoms with E-state index in [1.54, 1.807) is 78.9 Å². The number of rotatable bonds is 17. The highest BCUT2D eigenvalue weighted by molar-refractivity contribution is 7.92. The second kappa shape index (κ2) is 25.5. The molecule has 0 bridgehead atoms. The van der Waals surface area contributed by atoms with Gasteiger partial charge in [0.05, 0.1) is 50.3 Å². The molecule has 0 amide bonds. The first-order valence-corrected chi connectivity index (χ1v) is 34.7. The number of nitrogen functional groups attached to an aromatic ring is 3. The van der Waals surface area contributed by atoms with Crippen LogP contribution in [0.4, 0.5) is 17.1 Å². The van der Waals surface area contributed by atoms with Crippen LogP contribution in [-0.4, -0.2) is 81.2 Å². The topological polar surface area (TPSA) is 261 Å². The van der Waals surface area contributed by atoms with Crippen LogP contribution >= 0.6 is 0 Å². The Bertz CT molecular complexity index is 3420. The van der Waals surface area contributed by atoms with Gasteiger partial charge in [0, 0.05) is 51.1 Å². The number of nitrogens with two attached hydrogens (primary N) is 3. The maximum atomic E-state index is 13.9. The minimum atomic E-state index is -3.69. The Morgan fingerprint density at radius 3 is 0.928 bits per heavy atom. The lowest BCUT2D eigenvalue weighted by Gasteiger charge is -2.39. The summed E-state index contributed by atoms with van der Waals surface area (Å²) in [6, 6.07) is 37.4. The van der Waals surface area contributed by atoms with Gasteiger partial charge < -0.3 is 37.6 Å². The standard InChI is InChI=1S/C45H58N2O6S2.C22H29NO4S/c1-5-9-23-44(7-3)28-54(50,51)38-21-19-34(46)26-36(38)40(42(44)48)32-15-11-30(12-16-32)25-31-13-17-33(18-14-31)41-37-27-35(47)20-22-39(37)55(52,53)29-45(8-4,43(41)49)24-10-6-2;1-3-5-12-22(4-2)14-28(26,27)19-11-8-16(23)13-18(19)20(21(22)25)15-6-9-17(24)10-7-15/h11-22,26-27,40-43,48-49H,5-10,23-25,28-29,46-47H2,1-4H3;6-11,13,20-21,24-25H,3-5,12,14,23H2,1-2H3/t40-,41-,42-,43-,44+,45+;20-,21-,22+/m11/s1. The fourth-order valence-electron chi connectivity index (χ4n) is 13.9. The van der Waals surface area contributed by atoms with E-state index in [0.717, 1.165) is 66.3 Å². The number of phenols is 1. The van der Waals surface area contributed by atoms with E-state index in [2.05, 4.69) is 20.8 Å². The fourth-order valence-corrected chi connectivity index (χ4v) is 20.6. The van der Waals surface area contributed by atoms with Gasteiger partial charge in [0.2, 0.25) is 0 Å². The van der Waals surface area contributed by atoms with Crippen molar-refractivity contribution in [2.45, 2.75) is 176 Å². The van der Waals surface area contributed by atoms with Crippen LogP contribution in [0.15, 0.2) is 142 Å².